The van der Waals surface area contributed by atoms with Crippen LogP contribution in [0.1, 0.15) is 56.6 Å². The third kappa shape index (κ3) is 2.36. The van der Waals surface area contributed by atoms with Crippen molar-refractivity contribution in [1.82, 2.24) is 0 Å². The van der Waals surface area contributed by atoms with Gasteiger partial charge in [-0.25, -0.2) is 0 Å². The van der Waals surface area contributed by atoms with Crippen molar-refractivity contribution >= 4 is 11.4 Å². The molecule has 0 amide bonds. The quantitative estimate of drug-likeness (QED) is 0.621. The molecule has 1 aromatic carbocycles. The number of aromatic hydroxyl groups is 1. The van der Waals surface area contributed by atoms with E-state index in [1.165, 1.54) is 5.56 Å². The summed E-state index contributed by atoms with van der Waals surface area (Å²) in [5, 5.41) is 9.84. The molecule has 4 rings (SSSR count). The molecule has 3 aliphatic rings. The van der Waals surface area contributed by atoms with Gasteiger partial charge < -0.3 is 9.84 Å². The highest BCUT2D eigenvalue weighted by atomic mass is 16.5. The molecule has 0 heterocycles. The van der Waals surface area contributed by atoms with E-state index < -0.39 is 0 Å². The fraction of sp³-hybridized carbons (Fsp3) is 0.500. The Morgan fingerprint density at radius 2 is 2.20 bits per heavy atom. The van der Waals surface area contributed by atoms with E-state index in [4.69, 9.17) is 4.74 Å². The highest BCUT2D eigenvalue weighted by Crippen LogP contribution is 2.62. The van der Waals surface area contributed by atoms with E-state index in [0.717, 1.165) is 42.4 Å². The lowest BCUT2D eigenvalue weighted by molar-refractivity contribution is -0.127. The smallest absolute Gasteiger partial charge is 0.168 e. The summed E-state index contributed by atoms with van der Waals surface area (Å²) in [5.41, 5.74) is 4.09. The van der Waals surface area contributed by atoms with Crippen LogP contribution < -0.4 is 0 Å². The number of phenolic OH excluding ortho intramolecular Hbond substituents is 1. The Bertz CT molecular complexity index is 775. The highest BCUT2D eigenvalue weighted by Gasteiger charge is 2.56. The number of carbonyl (C=O) groups excluding carboxylic acids is 1. The van der Waals surface area contributed by atoms with E-state index >= 15 is 0 Å². The number of fused-ring (bicyclic) bond motifs is 5. The van der Waals surface area contributed by atoms with Crippen LogP contribution in [0.25, 0.3) is 5.57 Å². The van der Waals surface area contributed by atoms with Gasteiger partial charge in [0.05, 0.1) is 12.9 Å². The first kappa shape index (κ1) is 16.4. The van der Waals surface area contributed by atoms with Crippen LogP contribution >= 0.6 is 0 Å². The monoisotopic (exact) mass is 338 g/mol. The minimum atomic E-state index is -0.265. The van der Waals surface area contributed by atoms with Crippen LogP contribution in [0.5, 0.6) is 5.75 Å². The summed E-state index contributed by atoms with van der Waals surface area (Å²) >= 11 is 0. The van der Waals surface area contributed by atoms with Gasteiger partial charge >= 0.3 is 0 Å². The second kappa shape index (κ2) is 5.76. The molecule has 0 bridgehead atoms. The van der Waals surface area contributed by atoms with E-state index in [-0.39, 0.29) is 11.2 Å². The minimum Gasteiger partial charge on any atom is -0.508 e. The van der Waals surface area contributed by atoms with E-state index in [0.29, 0.717) is 30.1 Å². The second-order valence-electron chi connectivity index (χ2n) is 8.04. The zero-order valence-electron chi connectivity index (χ0n) is 15.0. The molecule has 3 heteroatoms. The number of benzene rings is 1. The van der Waals surface area contributed by atoms with Crippen LogP contribution in [0.2, 0.25) is 0 Å². The Hall–Kier alpha value is -2.03. The van der Waals surface area contributed by atoms with Gasteiger partial charge in [0.1, 0.15) is 5.75 Å². The molecular formula is C22H26O3. The predicted octanol–water partition coefficient (Wildman–Crippen LogP) is 4.82. The predicted molar refractivity (Wildman–Crippen MR) is 98.2 cm³/mol. The Morgan fingerprint density at radius 3 is 2.96 bits per heavy atom. The van der Waals surface area contributed by atoms with Crippen LogP contribution in [0.3, 0.4) is 0 Å². The Labute approximate surface area is 149 Å². The van der Waals surface area contributed by atoms with Crippen LogP contribution in [0.15, 0.2) is 36.6 Å². The number of ether oxygens (including phenoxy) is 1. The van der Waals surface area contributed by atoms with Crippen molar-refractivity contribution in [2.75, 3.05) is 6.61 Å². The summed E-state index contributed by atoms with van der Waals surface area (Å²) in [6, 6.07) is 5.69. The number of ketones is 1. The largest absolute Gasteiger partial charge is 0.508 e. The fourth-order valence-electron chi connectivity index (χ4n) is 5.49. The third-order valence-electron chi connectivity index (χ3n) is 6.77. The van der Waals surface area contributed by atoms with Gasteiger partial charge in [0.2, 0.25) is 0 Å². The average molecular weight is 338 g/mol. The van der Waals surface area contributed by atoms with Gasteiger partial charge in [0.15, 0.2) is 5.78 Å². The summed E-state index contributed by atoms with van der Waals surface area (Å²) < 4.78 is 5.44. The second-order valence-corrected chi connectivity index (χ2v) is 8.04. The number of Topliss-reactive ketones (excluding diaryl/α,β-unsaturated/α-hetero) is 1. The average Bonchev–Trinajstić information content (AvgIpc) is 2.85. The lowest BCUT2D eigenvalue weighted by Crippen LogP contribution is -2.42. The Balaban J connectivity index is 1.72. The number of hydrogen-bond donors (Lipinski definition) is 1. The van der Waals surface area contributed by atoms with Gasteiger partial charge in [-0.1, -0.05) is 19.6 Å². The molecule has 0 aromatic heterocycles. The first-order valence-electron chi connectivity index (χ1n) is 9.32. The minimum absolute atomic E-state index is 0.265. The highest BCUT2D eigenvalue weighted by molar-refractivity contribution is 6.02. The molecule has 1 N–H and O–H groups in total. The summed E-state index contributed by atoms with van der Waals surface area (Å²) in [7, 11) is 0. The van der Waals surface area contributed by atoms with Crippen molar-refractivity contribution < 1.29 is 14.6 Å². The maximum absolute atomic E-state index is 13.0. The molecule has 4 atom stereocenters. The molecule has 3 nitrogen and oxygen atoms in total. The fourth-order valence-corrected chi connectivity index (χ4v) is 5.49. The van der Waals surface area contributed by atoms with Crippen molar-refractivity contribution in [3.8, 4) is 5.75 Å². The molecular weight excluding hydrogens is 312 g/mol. The van der Waals surface area contributed by atoms with Crippen molar-refractivity contribution in [3.05, 3.63) is 47.7 Å². The van der Waals surface area contributed by atoms with Crippen LogP contribution in [0.4, 0.5) is 0 Å². The number of rotatable bonds is 2. The van der Waals surface area contributed by atoms with Gasteiger partial charge in [-0.05, 0) is 79.2 Å². The normalized spacial score (nSPS) is 35.3. The first-order valence-corrected chi connectivity index (χ1v) is 9.32. The Kier molecular flexibility index (Phi) is 3.78. The van der Waals surface area contributed by atoms with Gasteiger partial charge in [0.25, 0.3) is 0 Å². The molecule has 0 aliphatic heterocycles. The number of phenols is 1. The molecule has 2 fully saturated rings. The maximum Gasteiger partial charge on any atom is 0.168 e. The van der Waals surface area contributed by atoms with Crippen molar-refractivity contribution in [3.63, 3.8) is 0 Å². The topological polar surface area (TPSA) is 46.5 Å². The molecule has 25 heavy (non-hydrogen) atoms. The number of carbonyl (C=O) groups is 1. The van der Waals surface area contributed by atoms with E-state index in [1.54, 1.807) is 12.3 Å². The zero-order valence-corrected chi connectivity index (χ0v) is 15.0. The van der Waals surface area contributed by atoms with Crippen LogP contribution in [-0.4, -0.2) is 17.5 Å². The standard InChI is InChI=1S/C22H26O3/c1-4-25-12-14-10-20-19-9-13(2)18-11-15(23)5-6-16(18)17(19)7-8-22(20,3)21(14)24/h5-6,11-12,17,19-20,23H,2,4,7-10H2,1,3H3/b14-12-/t17?,19?,20?,22-/m0/s1. The third-order valence-corrected chi connectivity index (χ3v) is 6.77. The molecule has 0 spiro atoms. The maximum atomic E-state index is 13.0. The molecule has 3 unspecified atom stereocenters. The molecule has 0 saturated heterocycles. The van der Waals surface area contributed by atoms with Crippen LogP contribution in [-0.2, 0) is 9.53 Å². The summed E-state index contributed by atoms with van der Waals surface area (Å²) in [6.07, 6.45) is 5.38. The lowest BCUT2D eigenvalue weighted by Gasteiger charge is -2.48. The number of hydrogen-bond acceptors (Lipinski definition) is 3. The lowest BCUT2D eigenvalue weighted by atomic mass is 9.55. The molecule has 3 aliphatic carbocycles. The molecule has 132 valence electrons. The van der Waals surface area contributed by atoms with E-state index in [2.05, 4.69) is 19.6 Å². The first-order chi connectivity index (χ1) is 12.0. The van der Waals surface area contributed by atoms with E-state index in [1.807, 2.05) is 13.0 Å². The summed E-state index contributed by atoms with van der Waals surface area (Å²) in [4.78, 5) is 13.0. The van der Waals surface area contributed by atoms with Gasteiger partial charge in [-0.15, -0.1) is 0 Å². The van der Waals surface area contributed by atoms with Gasteiger partial charge in [-0.3, -0.25) is 4.79 Å². The SMILES string of the molecule is C=C1CC2C(CC[C@]3(C)C(=O)/C(=C\OCC)CC23)c2ccc(O)cc21. The van der Waals surface area contributed by atoms with Crippen molar-refractivity contribution in [2.24, 2.45) is 17.3 Å². The molecule has 1 aromatic rings. The summed E-state index contributed by atoms with van der Waals surface area (Å²) in [5.74, 6) is 1.84. The van der Waals surface area contributed by atoms with Crippen LogP contribution in [0, 0.1) is 17.3 Å². The van der Waals surface area contributed by atoms with Crippen molar-refractivity contribution in [2.45, 2.75) is 45.4 Å². The van der Waals surface area contributed by atoms with Gasteiger partial charge in [-0.2, -0.15) is 0 Å². The van der Waals surface area contributed by atoms with Gasteiger partial charge in [0, 0.05) is 11.0 Å². The molecule has 0 radical (unpaired) electrons. The van der Waals surface area contributed by atoms with Crippen molar-refractivity contribution in [1.29, 1.82) is 0 Å². The zero-order chi connectivity index (χ0) is 17.8. The molecule has 2 saturated carbocycles. The summed E-state index contributed by atoms with van der Waals surface area (Å²) in [6.45, 7) is 8.97. The number of allylic oxidation sites excluding steroid dienone is 2. The Morgan fingerprint density at radius 1 is 1.40 bits per heavy atom. The van der Waals surface area contributed by atoms with E-state index in [9.17, 15) is 9.90 Å².